The molecule has 0 saturated carbocycles. The van der Waals surface area contributed by atoms with Gasteiger partial charge in [0.2, 0.25) is 0 Å². The molecule has 1 aliphatic rings. The van der Waals surface area contributed by atoms with Gasteiger partial charge < -0.3 is 9.72 Å². The molecule has 1 aromatic heterocycles. The summed E-state index contributed by atoms with van der Waals surface area (Å²) in [6, 6.07) is 10.5. The van der Waals surface area contributed by atoms with E-state index in [0.717, 1.165) is 24.9 Å². The number of nitrogens with one attached hydrogen (secondary N) is 1. The number of likely N-dealkylation sites (tertiary alicyclic amines) is 1. The van der Waals surface area contributed by atoms with Crippen molar-refractivity contribution >= 4 is 16.9 Å². The minimum absolute atomic E-state index is 0.118. The lowest BCUT2D eigenvalue weighted by Crippen LogP contribution is -2.42. The molecule has 0 amide bonds. The molecule has 0 unspecified atom stereocenters. The van der Waals surface area contributed by atoms with Crippen molar-refractivity contribution in [1.82, 2.24) is 9.88 Å². The molecule has 106 valence electrons. The number of methoxy groups -OCH3 is 1. The van der Waals surface area contributed by atoms with Crippen molar-refractivity contribution in [3.63, 3.8) is 0 Å². The van der Waals surface area contributed by atoms with Gasteiger partial charge in [0.15, 0.2) is 0 Å². The summed E-state index contributed by atoms with van der Waals surface area (Å²) in [5.74, 6) is -0.172. The van der Waals surface area contributed by atoms with Crippen LogP contribution in [-0.2, 0) is 15.1 Å². The number of esters is 1. The van der Waals surface area contributed by atoms with Crippen molar-refractivity contribution in [3.05, 3.63) is 36.0 Å². The zero-order chi connectivity index (χ0) is 14.2. The van der Waals surface area contributed by atoms with E-state index in [1.807, 2.05) is 12.1 Å². The van der Waals surface area contributed by atoms with Gasteiger partial charge in [0, 0.05) is 11.2 Å². The maximum absolute atomic E-state index is 11.6. The zero-order valence-corrected chi connectivity index (χ0v) is 12.0. The SMILES string of the molecule is COC(=O)CN1CCC[C@]1(C)c1cc2ccccc2[nH]1. The molecule has 2 aromatic rings. The number of ether oxygens (including phenoxy) is 1. The highest BCUT2D eigenvalue weighted by atomic mass is 16.5. The summed E-state index contributed by atoms with van der Waals surface area (Å²) in [7, 11) is 1.44. The van der Waals surface area contributed by atoms with E-state index in [1.165, 1.54) is 18.2 Å². The molecule has 3 rings (SSSR count). The minimum atomic E-state index is -0.172. The Labute approximate surface area is 118 Å². The van der Waals surface area contributed by atoms with Crippen LogP contribution in [0.4, 0.5) is 0 Å². The first-order valence-corrected chi connectivity index (χ1v) is 7.03. The van der Waals surface area contributed by atoms with E-state index < -0.39 is 0 Å². The van der Waals surface area contributed by atoms with Gasteiger partial charge in [0.25, 0.3) is 0 Å². The van der Waals surface area contributed by atoms with Gasteiger partial charge in [0.1, 0.15) is 0 Å². The van der Waals surface area contributed by atoms with Gasteiger partial charge in [-0.25, -0.2) is 0 Å². The molecule has 1 atom stereocenters. The third kappa shape index (κ3) is 2.10. The van der Waals surface area contributed by atoms with E-state index in [0.29, 0.717) is 6.54 Å². The third-order valence-electron chi connectivity index (χ3n) is 4.45. The van der Waals surface area contributed by atoms with E-state index >= 15 is 0 Å². The molecular weight excluding hydrogens is 252 g/mol. The van der Waals surface area contributed by atoms with Crippen LogP contribution in [0.25, 0.3) is 10.9 Å². The van der Waals surface area contributed by atoms with E-state index in [1.54, 1.807) is 0 Å². The summed E-state index contributed by atoms with van der Waals surface area (Å²) >= 11 is 0. The maximum Gasteiger partial charge on any atom is 0.319 e. The summed E-state index contributed by atoms with van der Waals surface area (Å²) < 4.78 is 4.81. The number of fused-ring (bicyclic) bond motifs is 1. The van der Waals surface area contributed by atoms with Crippen molar-refractivity contribution in [2.24, 2.45) is 0 Å². The highest BCUT2D eigenvalue weighted by Gasteiger charge is 2.40. The lowest BCUT2D eigenvalue weighted by molar-refractivity contribution is -0.143. The Morgan fingerprint density at radius 3 is 3.00 bits per heavy atom. The molecule has 2 heterocycles. The van der Waals surface area contributed by atoms with Gasteiger partial charge in [-0.3, -0.25) is 9.69 Å². The fourth-order valence-corrected chi connectivity index (χ4v) is 3.16. The van der Waals surface area contributed by atoms with E-state index in [9.17, 15) is 4.79 Å². The Hall–Kier alpha value is -1.81. The Kier molecular flexibility index (Phi) is 3.26. The number of nitrogens with zero attached hydrogens (tertiary/aromatic N) is 1. The number of aromatic nitrogens is 1. The zero-order valence-electron chi connectivity index (χ0n) is 12.0. The smallest absolute Gasteiger partial charge is 0.319 e. The molecule has 0 radical (unpaired) electrons. The number of hydrogen-bond donors (Lipinski definition) is 1. The van der Waals surface area contributed by atoms with Crippen LogP contribution < -0.4 is 0 Å². The second-order valence-corrected chi connectivity index (χ2v) is 5.65. The van der Waals surface area contributed by atoms with Crippen LogP contribution in [0.3, 0.4) is 0 Å². The normalized spacial score (nSPS) is 23.3. The van der Waals surface area contributed by atoms with Crippen molar-refractivity contribution in [2.45, 2.75) is 25.3 Å². The van der Waals surface area contributed by atoms with Gasteiger partial charge in [-0.2, -0.15) is 0 Å². The summed E-state index contributed by atoms with van der Waals surface area (Å²) in [5.41, 5.74) is 2.21. The summed E-state index contributed by atoms with van der Waals surface area (Å²) in [6.45, 7) is 3.48. The lowest BCUT2D eigenvalue weighted by Gasteiger charge is -2.33. The Balaban J connectivity index is 1.95. The van der Waals surface area contributed by atoms with Gasteiger partial charge in [-0.05, 0) is 43.8 Å². The van der Waals surface area contributed by atoms with Crippen LogP contribution in [0.15, 0.2) is 30.3 Å². The molecule has 20 heavy (non-hydrogen) atoms. The van der Waals surface area contributed by atoms with Crippen LogP contribution in [-0.4, -0.2) is 36.1 Å². The molecule has 0 bridgehead atoms. The van der Waals surface area contributed by atoms with Crippen molar-refractivity contribution < 1.29 is 9.53 Å². The fourth-order valence-electron chi connectivity index (χ4n) is 3.16. The minimum Gasteiger partial charge on any atom is -0.468 e. The summed E-state index contributed by atoms with van der Waals surface area (Å²) in [5, 5.41) is 1.22. The van der Waals surface area contributed by atoms with Gasteiger partial charge in [-0.1, -0.05) is 18.2 Å². The number of carbonyl (C=O) groups is 1. The van der Waals surface area contributed by atoms with Gasteiger partial charge in [0.05, 0.1) is 19.2 Å². The lowest BCUT2D eigenvalue weighted by atomic mass is 9.94. The quantitative estimate of drug-likeness (QED) is 0.874. The molecule has 1 fully saturated rings. The van der Waals surface area contributed by atoms with Gasteiger partial charge >= 0.3 is 5.97 Å². The summed E-state index contributed by atoms with van der Waals surface area (Å²) in [6.07, 6.45) is 2.15. The average molecular weight is 272 g/mol. The number of aromatic amines is 1. The van der Waals surface area contributed by atoms with Crippen LogP contribution in [0.1, 0.15) is 25.5 Å². The molecule has 1 aromatic carbocycles. The molecule has 0 aliphatic carbocycles. The predicted molar refractivity (Wildman–Crippen MR) is 78.5 cm³/mol. The second-order valence-electron chi connectivity index (χ2n) is 5.65. The number of H-pyrrole nitrogens is 1. The maximum atomic E-state index is 11.6. The second kappa shape index (κ2) is 4.94. The molecule has 1 N–H and O–H groups in total. The fraction of sp³-hybridized carbons (Fsp3) is 0.438. The monoisotopic (exact) mass is 272 g/mol. The average Bonchev–Trinajstić information content (AvgIpc) is 3.04. The largest absolute Gasteiger partial charge is 0.468 e. The summed E-state index contributed by atoms with van der Waals surface area (Å²) in [4.78, 5) is 17.3. The number of rotatable bonds is 3. The molecular formula is C16H20N2O2. The number of hydrogen-bond acceptors (Lipinski definition) is 3. The van der Waals surface area contributed by atoms with Crippen molar-refractivity contribution in [1.29, 1.82) is 0 Å². The molecule has 0 spiro atoms. The van der Waals surface area contributed by atoms with E-state index in [4.69, 9.17) is 4.74 Å². The topological polar surface area (TPSA) is 45.3 Å². The Bertz CT molecular complexity index is 601. The highest BCUT2D eigenvalue weighted by molar-refractivity contribution is 5.80. The number of para-hydroxylation sites is 1. The Morgan fingerprint density at radius 1 is 1.45 bits per heavy atom. The predicted octanol–water partition coefficient (Wildman–Crippen LogP) is 2.65. The Morgan fingerprint density at radius 2 is 2.25 bits per heavy atom. The molecule has 1 aliphatic heterocycles. The van der Waals surface area contributed by atoms with Crippen molar-refractivity contribution in [3.8, 4) is 0 Å². The van der Waals surface area contributed by atoms with E-state index in [-0.39, 0.29) is 11.5 Å². The number of carbonyl (C=O) groups excluding carboxylic acids is 1. The highest BCUT2D eigenvalue weighted by Crippen LogP contribution is 2.38. The van der Waals surface area contributed by atoms with E-state index in [2.05, 4.69) is 35.0 Å². The van der Waals surface area contributed by atoms with Gasteiger partial charge in [-0.15, -0.1) is 0 Å². The van der Waals surface area contributed by atoms with Crippen LogP contribution >= 0.6 is 0 Å². The first-order chi connectivity index (χ1) is 9.63. The standard InChI is InChI=1S/C16H20N2O2/c1-16(8-5-9-18(16)11-15(19)20-2)14-10-12-6-3-4-7-13(12)17-14/h3-4,6-7,10,17H,5,8-9,11H2,1-2H3/t16-/m1/s1. The molecule has 4 heteroatoms. The number of benzene rings is 1. The van der Waals surface area contributed by atoms with Crippen LogP contribution in [0, 0.1) is 0 Å². The van der Waals surface area contributed by atoms with Crippen LogP contribution in [0.5, 0.6) is 0 Å². The first-order valence-electron chi connectivity index (χ1n) is 7.03. The van der Waals surface area contributed by atoms with Crippen molar-refractivity contribution in [2.75, 3.05) is 20.2 Å². The molecule has 1 saturated heterocycles. The van der Waals surface area contributed by atoms with Crippen LogP contribution in [0.2, 0.25) is 0 Å². The first kappa shape index (κ1) is 13.2. The molecule has 4 nitrogen and oxygen atoms in total. The third-order valence-corrected chi connectivity index (χ3v) is 4.45.